The summed E-state index contributed by atoms with van der Waals surface area (Å²) in [5, 5.41) is 6.73. The Bertz CT molecular complexity index is 940. The largest absolute Gasteiger partial charge is 0.448 e. The molecule has 138 valence electrons. The predicted octanol–water partition coefficient (Wildman–Crippen LogP) is 3.95. The Morgan fingerprint density at radius 3 is 2.56 bits per heavy atom. The summed E-state index contributed by atoms with van der Waals surface area (Å²) in [6, 6.07) is 17.2. The Labute approximate surface area is 161 Å². The normalized spacial score (nSPS) is 11.6. The van der Waals surface area contributed by atoms with Crippen molar-refractivity contribution in [3.8, 4) is 11.1 Å². The van der Waals surface area contributed by atoms with E-state index in [2.05, 4.69) is 14.9 Å². The maximum atomic E-state index is 12.5. The second-order valence-corrected chi connectivity index (χ2v) is 6.60. The molecule has 7 heteroatoms. The Morgan fingerprint density at radius 2 is 1.81 bits per heavy atom. The first-order valence-electron chi connectivity index (χ1n) is 8.57. The molecule has 1 aromatic heterocycles. The minimum absolute atomic E-state index is 0.335. The zero-order chi connectivity index (χ0) is 19.2. The number of esters is 1. The van der Waals surface area contributed by atoms with Gasteiger partial charge in [-0.15, -0.1) is 5.10 Å². The van der Waals surface area contributed by atoms with E-state index in [0.717, 1.165) is 22.7 Å². The summed E-state index contributed by atoms with van der Waals surface area (Å²) < 4.78 is 9.07. The molecule has 1 heterocycles. The van der Waals surface area contributed by atoms with Crippen LogP contribution in [-0.2, 0) is 16.0 Å². The quantitative estimate of drug-likeness (QED) is 0.654. The molecule has 0 bridgehead atoms. The molecule has 1 N–H and O–H groups in total. The van der Waals surface area contributed by atoms with Crippen LogP contribution in [-0.4, -0.2) is 27.6 Å². The van der Waals surface area contributed by atoms with E-state index in [0.29, 0.717) is 22.7 Å². The number of anilines is 1. The highest BCUT2D eigenvalue weighted by atomic mass is 32.1. The van der Waals surface area contributed by atoms with Gasteiger partial charge in [0, 0.05) is 11.3 Å². The van der Waals surface area contributed by atoms with Gasteiger partial charge in [-0.05, 0) is 36.5 Å². The summed E-state index contributed by atoms with van der Waals surface area (Å²) in [6.45, 7) is 3.42. The maximum Gasteiger partial charge on any atom is 0.352 e. The van der Waals surface area contributed by atoms with Gasteiger partial charge in [0.2, 0.25) is 0 Å². The van der Waals surface area contributed by atoms with E-state index in [1.165, 1.54) is 0 Å². The summed E-state index contributed by atoms with van der Waals surface area (Å²) in [6.07, 6.45) is -0.375. The third-order valence-electron chi connectivity index (χ3n) is 4.00. The summed E-state index contributed by atoms with van der Waals surface area (Å²) in [5.74, 6) is -0.983. The van der Waals surface area contributed by atoms with Crippen LogP contribution in [0, 0.1) is 0 Å². The molecule has 0 spiro atoms. The smallest absolute Gasteiger partial charge is 0.352 e. The molecule has 27 heavy (non-hydrogen) atoms. The fourth-order valence-corrected chi connectivity index (χ4v) is 3.19. The molecule has 3 rings (SSSR count). The Kier molecular flexibility index (Phi) is 5.93. The number of ether oxygens (including phenoxy) is 1. The second kappa shape index (κ2) is 8.55. The highest BCUT2D eigenvalue weighted by molar-refractivity contribution is 7.07. The first-order chi connectivity index (χ1) is 13.1. The average molecular weight is 381 g/mol. The van der Waals surface area contributed by atoms with Gasteiger partial charge in [0.1, 0.15) is 0 Å². The van der Waals surface area contributed by atoms with E-state index < -0.39 is 18.0 Å². The standard InChI is InChI=1S/C20H19N3O3S/c1-3-16-18(27-23-22-16)20(25)26-13(2)19(24)21-17-12-8-7-11-15(17)14-9-5-4-6-10-14/h4-13H,3H2,1-2H3,(H,21,24)/t13-/m0/s1. The molecule has 1 amide bonds. The third kappa shape index (κ3) is 4.38. The van der Waals surface area contributed by atoms with Crippen molar-refractivity contribution in [1.29, 1.82) is 0 Å². The SMILES string of the molecule is CCc1nnsc1C(=O)O[C@@H](C)C(=O)Nc1ccccc1-c1ccccc1. The van der Waals surface area contributed by atoms with E-state index in [9.17, 15) is 9.59 Å². The molecule has 0 radical (unpaired) electrons. The Hall–Kier alpha value is -3.06. The molecular formula is C20H19N3O3S. The van der Waals surface area contributed by atoms with Gasteiger partial charge in [0.25, 0.3) is 5.91 Å². The zero-order valence-corrected chi connectivity index (χ0v) is 15.8. The highest BCUT2D eigenvalue weighted by Gasteiger charge is 2.23. The topological polar surface area (TPSA) is 81.2 Å². The van der Waals surface area contributed by atoms with Crippen LogP contribution in [0.15, 0.2) is 54.6 Å². The van der Waals surface area contributed by atoms with Gasteiger partial charge in [0.15, 0.2) is 11.0 Å². The molecule has 0 aliphatic carbocycles. The van der Waals surface area contributed by atoms with Crippen LogP contribution < -0.4 is 5.32 Å². The number of aromatic nitrogens is 2. The van der Waals surface area contributed by atoms with Crippen LogP contribution in [0.5, 0.6) is 0 Å². The predicted molar refractivity (Wildman–Crippen MR) is 105 cm³/mol. The number of nitrogens with one attached hydrogen (secondary N) is 1. The highest BCUT2D eigenvalue weighted by Crippen LogP contribution is 2.27. The van der Waals surface area contributed by atoms with Crippen LogP contribution in [0.2, 0.25) is 0 Å². The van der Waals surface area contributed by atoms with E-state index in [-0.39, 0.29) is 0 Å². The fourth-order valence-electron chi connectivity index (χ4n) is 2.56. The fraction of sp³-hybridized carbons (Fsp3) is 0.200. The average Bonchev–Trinajstić information content (AvgIpc) is 3.18. The van der Waals surface area contributed by atoms with Gasteiger partial charge in [-0.2, -0.15) is 0 Å². The number of benzene rings is 2. The van der Waals surface area contributed by atoms with Gasteiger partial charge in [-0.25, -0.2) is 4.79 Å². The zero-order valence-electron chi connectivity index (χ0n) is 15.0. The summed E-state index contributed by atoms with van der Waals surface area (Å²) in [4.78, 5) is 25.1. The molecule has 0 aliphatic heterocycles. The molecule has 2 aromatic carbocycles. The van der Waals surface area contributed by atoms with Gasteiger partial charge in [0.05, 0.1) is 5.69 Å². The summed E-state index contributed by atoms with van der Waals surface area (Å²) >= 11 is 0.972. The van der Waals surface area contributed by atoms with Crippen molar-refractivity contribution in [2.45, 2.75) is 26.4 Å². The van der Waals surface area contributed by atoms with E-state index >= 15 is 0 Å². The van der Waals surface area contributed by atoms with E-state index in [1.54, 1.807) is 6.92 Å². The number of hydrogen-bond donors (Lipinski definition) is 1. The van der Waals surface area contributed by atoms with Crippen molar-refractivity contribution in [2.75, 3.05) is 5.32 Å². The van der Waals surface area contributed by atoms with Crippen LogP contribution >= 0.6 is 11.5 Å². The van der Waals surface area contributed by atoms with Crippen molar-refractivity contribution in [1.82, 2.24) is 9.59 Å². The van der Waals surface area contributed by atoms with Crippen LogP contribution in [0.25, 0.3) is 11.1 Å². The van der Waals surface area contributed by atoms with Crippen molar-refractivity contribution < 1.29 is 14.3 Å². The van der Waals surface area contributed by atoms with Crippen molar-refractivity contribution in [3.05, 3.63) is 65.2 Å². The third-order valence-corrected chi connectivity index (χ3v) is 4.75. The lowest BCUT2D eigenvalue weighted by Crippen LogP contribution is -2.30. The first-order valence-corrected chi connectivity index (χ1v) is 9.35. The Morgan fingerprint density at radius 1 is 1.11 bits per heavy atom. The molecular weight excluding hydrogens is 362 g/mol. The second-order valence-electron chi connectivity index (χ2n) is 5.85. The molecule has 0 fully saturated rings. The number of aryl methyl sites for hydroxylation is 1. The molecule has 1 atom stereocenters. The summed E-state index contributed by atoms with van der Waals surface area (Å²) in [5.41, 5.74) is 3.11. The van der Waals surface area contributed by atoms with Crippen molar-refractivity contribution in [2.24, 2.45) is 0 Å². The molecule has 0 aliphatic rings. The van der Waals surface area contributed by atoms with Gasteiger partial charge in [-0.1, -0.05) is 59.9 Å². The van der Waals surface area contributed by atoms with E-state index in [1.807, 2.05) is 61.5 Å². The van der Waals surface area contributed by atoms with Crippen molar-refractivity contribution >= 4 is 29.1 Å². The van der Waals surface area contributed by atoms with Crippen LogP contribution in [0.4, 0.5) is 5.69 Å². The van der Waals surface area contributed by atoms with Crippen molar-refractivity contribution in [3.63, 3.8) is 0 Å². The van der Waals surface area contributed by atoms with Gasteiger partial charge >= 0.3 is 5.97 Å². The number of para-hydroxylation sites is 1. The van der Waals surface area contributed by atoms with Gasteiger partial charge < -0.3 is 10.1 Å². The lowest BCUT2D eigenvalue weighted by atomic mass is 10.0. The number of nitrogens with zero attached hydrogens (tertiary/aromatic N) is 2. The number of hydrogen-bond acceptors (Lipinski definition) is 6. The molecule has 0 saturated heterocycles. The first kappa shape index (κ1) is 18.7. The van der Waals surface area contributed by atoms with Gasteiger partial charge in [-0.3, -0.25) is 4.79 Å². The summed E-state index contributed by atoms with van der Waals surface area (Å²) in [7, 11) is 0. The lowest BCUT2D eigenvalue weighted by Gasteiger charge is -2.15. The minimum Gasteiger partial charge on any atom is -0.448 e. The van der Waals surface area contributed by atoms with Crippen LogP contribution in [0.1, 0.15) is 29.2 Å². The minimum atomic E-state index is -0.951. The molecule has 6 nitrogen and oxygen atoms in total. The Balaban J connectivity index is 1.71. The number of rotatable bonds is 6. The molecule has 0 unspecified atom stereocenters. The molecule has 0 saturated carbocycles. The number of amides is 1. The number of carbonyl (C=O) groups is 2. The maximum absolute atomic E-state index is 12.5. The van der Waals surface area contributed by atoms with E-state index in [4.69, 9.17) is 4.74 Å². The monoisotopic (exact) mass is 381 g/mol. The lowest BCUT2D eigenvalue weighted by molar-refractivity contribution is -0.123. The van der Waals surface area contributed by atoms with Crippen LogP contribution in [0.3, 0.4) is 0 Å². The number of carbonyl (C=O) groups excluding carboxylic acids is 2. The molecule has 3 aromatic rings.